The van der Waals surface area contributed by atoms with E-state index >= 15 is 0 Å². The zero-order valence-corrected chi connectivity index (χ0v) is 10.8. The molecule has 0 aliphatic carbocycles. The van der Waals surface area contributed by atoms with Gasteiger partial charge in [-0.15, -0.1) is 5.10 Å². The Bertz CT molecular complexity index is 561. The average molecular weight is 285 g/mol. The Labute approximate surface area is 112 Å². The number of hydrogen-bond acceptors (Lipinski definition) is 6. The van der Waals surface area contributed by atoms with Crippen LogP contribution in [0, 0.1) is 0 Å². The van der Waals surface area contributed by atoms with Crippen LogP contribution in [0.25, 0.3) is 0 Å². The van der Waals surface area contributed by atoms with Crippen molar-refractivity contribution in [2.75, 3.05) is 6.79 Å². The number of rotatable bonds is 4. The van der Waals surface area contributed by atoms with Crippen molar-refractivity contribution < 1.29 is 14.2 Å². The van der Waals surface area contributed by atoms with Crippen molar-refractivity contribution in [3.05, 3.63) is 33.8 Å². The van der Waals surface area contributed by atoms with Crippen LogP contribution in [0.4, 0.5) is 0 Å². The Morgan fingerprint density at radius 2 is 2.17 bits per heavy atom. The predicted molar refractivity (Wildman–Crippen MR) is 66.0 cm³/mol. The van der Waals surface area contributed by atoms with E-state index in [1.165, 1.54) is 0 Å². The molecule has 0 spiro atoms. The number of hydrogen-bond donors (Lipinski definition) is 0. The van der Waals surface area contributed by atoms with Crippen LogP contribution in [0.15, 0.2) is 18.2 Å². The second-order valence-electron chi connectivity index (χ2n) is 3.67. The lowest BCUT2D eigenvalue weighted by atomic mass is 10.2. The highest BCUT2D eigenvalue weighted by Crippen LogP contribution is 2.32. The van der Waals surface area contributed by atoms with E-state index in [1.54, 1.807) is 0 Å². The fourth-order valence-corrected chi connectivity index (χ4v) is 2.18. The van der Waals surface area contributed by atoms with Gasteiger partial charge in [0.15, 0.2) is 11.5 Å². The van der Waals surface area contributed by atoms with Gasteiger partial charge in [-0.1, -0.05) is 22.2 Å². The van der Waals surface area contributed by atoms with Crippen molar-refractivity contribution in [2.24, 2.45) is 0 Å². The standard InChI is InChI=1S/C11H9ClN2O3S/c12-11-8(13-14-18-11)5-15-4-7-1-2-9-10(3-7)17-6-16-9/h1-3H,4-6H2. The maximum atomic E-state index is 5.88. The van der Waals surface area contributed by atoms with E-state index in [1.807, 2.05) is 18.2 Å². The third-order valence-electron chi connectivity index (χ3n) is 2.45. The van der Waals surface area contributed by atoms with Crippen molar-refractivity contribution in [2.45, 2.75) is 13.2 Å². The Morgan fingerprint density at radius 1 is 1.28 bits per heavy atom. The first kappa shape index (κ1) is 11.7. The summed E-state index contributed by atoms with van der Waals surface area (Å²) < 4.78 is 20.4. The normalized spacial score (nSPS) is 12.9. The Morgan fingerprint density at radius 3 is 3.00 bits per heavy atom. The smallest absolute Gasteiger partial charge is 0.231 e. The van der Waals surface area contributed by atoms with Gasteiger partial charge in [0.1, 0.15) is 10.0 Å². The summed E-state index contributed by atoms with van der Waals surface area (Å²) in [6.45, 7) is 1.09. The lowest BCUT2D eigenvalue weighted by Gasteiger charge is -2.04. The predicted octanol–water partition coefficient (Wildman–Crippen LogP) is 2.64. The van der Waals surface area contributed by atoms with Crippen LogP contribution < -0.4 is 9.47 Å². The van der Waals surface area contributed by atoms with Crippen molar-refractivity contribution in [1.82, 2.24) is 9.59 Å². The number of nitrogens with zero attached hydrogens (tertiary/aromatic N) is 2. The maximum absolute atomic E-state index is 5.88. The molecular formula is C11H9ClN2O3S. The van der Waals surface area contributed by atoms with Crippen molar-refractivity contribution in [3.8, 4) is 11.5 Å². The summed E-state index contributed by atoms with van der Waals surface area (Å²) in [4.78, 5) is 0. The first-order valence-corrected chi connectivity index (χ1v) is 6.41. The molecule has 0 bridgehead atoms. The highest BCUT2D eigenvalue weighted by Gasteiger charge is 2.13. The first-order valence-electron chi connectivity index (χ1n) is 5.26. The van der Waals surface area contributed by atoms with E-state index in [2.05, 4.69) is 9.59 Å². The lowest BCUT2D eigenvalue weighted by Crippen LogP contribution is -1.95. The van der Waals surface area contributed by atoms with Crippen LogP contribution in [-0.2, 0) is 18.0 Å². The molecule has 5 nitrogen and oxygen atoms in total. The Balaban J connectivity index is 1.59. The topological polar surface area (TPSA) is 53.5 Å². The minimum Gasteiger partial charge on any atom is -0.454 e. The third kappa shape index (κ3) is 2.40. The Hall–Kier alpha value is -1.37. The van der Waals surface area contributed by atoms with Crippen LogP contribution in [0.5, 0.6) is 11.5 Å². The minimum atomic E-state index is 0.278. The minimum absolute atomic E-state index is 0.278. The van der Waals surface area contributed by atoms with E-state index in [0.717, 1.165) is 28.6 Å². The van der Waals surface area contributed by atoms with Gasteiger partial charge in [0.05, 0.1) is 13.2 Å². The fraction of sp³-hybridized carbons (Fsp3) is 0.273. The molecule has 2 aromatic rings. The molecule has 0 atom stereocenters. The number of benzene rings is 1. The Kier molecular flexibility index (Phi) is 3.31. The second-order valence-corrected chi connectivity index (χ2v) is 5.03. The molecule has 0 amide bonds. The first-order chi connectivity index (χ1) is 8.83. The average Bonchev–Trinajstić information content (AvgIpc) is 2.98. The zero-order valence-electron chi connectivity index (χ0n) is 9.26. The molecule has 3 rings (SSSR count). The molecule has 0 N–H and O–H groups in total. The fourth-order valence-electron chi connectivity index (χ4n) is 1.58. The number of ether oxygens (including phenoxy) is 3. The molecule has 94 valence electrons. The molecule has 0 saturated heterocycles. The molecule has 0 saturated carbocycles. The number of aromatic nitrogens is 2. The summed E-state index contributed by atoms with van der Waals surface area (Å²) in [5, 5.41) is 3.87. The molecule has 18 heavy (non-hydrogen) atoms. The molecule has 2 heterocycles. The summed E-state index contributed by atoms with van der Waals surface area (Å²) in [5.41, 5.74) is 1.68. The molecule has 1 aromatic heterocycles. The van der Waals surface area contributed by atoms with Crippen LogP contribution in [0.2, 0.25) is 4.34 Å². The van der Waals surface area contributed by atoms with E-state index < -0.39 is 0 Å². The highest BCUT2D eigenvalue weighted by atomic mass is 35.5. The van der Waals surface area contributed by atoms with Crippen LogP contribution >= 0.6 is 23.1 Å². The number of halogens is 1. The van der Waals surface area contributed by atoms with Gasteiger partial charge in [-0.05, 0) is 17.7 Å². The molecule has 1 aromatic carbocycles. The molecule has 1 aliphatic rings. The molecule has 7 heteroatoms. The van der Waals surface area contributed by atoms with Gasteiger partial charge < -0.3 is 14.2 Å². The quantitative estimate of drug-likeness (QED) is 0.864. The maximum Gasteiger partial charge on any atom is 0.231 e. The SMILES string of the molecule is Clc1snnc1COCc1ccc2c(c1)OCO2. The van der Waals surface area contributed by atoms with Crippen LogP contribution in [-0.4, -0.2) is 16.4 Å². The summed E-state index contributed by atoms with van der Waals surface area (Å²) in [5.74, 6) is 1.52. The van der Waals surface area contributed by atoms with Gasteiger partial charge in [0.25, 0.3) is 0 Å². The van der Waals surface area contributed by atoms with Crippen molar-refractivity contribution in [3.63, 3.8) is 0 Å². The largest absolute Gasteiger partial charge is 0.454 e. The molecule has 1 aliphatic heterocycles. The molecule has 0 radical (unpaired) electrons. The summed E-state index contributed by atoms with van der Waals surface area (Å²) >= 11 is 7.03. The monoisotopic (exact) mass is 284 g/mol. The summed E-state index contributed by atoms with van der Waals surface area (Å²) in [6.07, 6.45) is 0. The van der Waals surface area contributed by atoms with Gasteiger partial charge in [0.2, 0.25) is 6.79 Å². The van der Waals surface area contributed by atoms with E-state index in [-0.39, 0.29) is 6.79 Å². The van der Waals surface area contributed by atoms with Gasteiger partial charge >= 0.3 is 0 Å². The lowest BCUT2D eigenvalue weighted by molar-refractivity contribution is 0.104. The number of fused-ring (bicyclic) bond motifs is 1. The van der Waals surface area contributed by atoms with Gasteiger partial charge in [-0.2, -0.15) is 0 Å². The van der Waals surface area contributed by atoms with E-state index in [0.29, 0.717) is 23.2 Å². The zero-order chi connectivity index (χ0) is 12.4. The van der Waals surface area contributed by atoms with Crippen LogP contribution in [0.3, 0.4) is 0 Å². The molecular weight excluding hydrogens is 276 g/mol. The second kappa shape index (κ2) is 5.09. The van der Waals surface area contributed by atoms with Crippen LogP contribution in [0.1, 0.15) is 11.3 Å². The summed E-state index contributed by atoms with van der Waals surface area (Å²) in [7, 11) is 0. The van der Waals surface area contributed by atoms with Gasteiger partial charge in [-0.3, -0.25) is 0 Å². The molecule has 0 fully saturated rings. The summed E-state index contributed by atoms with van der Waals surface area (Å²) in [6, 6.07) is 5.72. The van der Waals surface area contributed by atoms with Crippen molar-refractivity contribution in [1.29, 1.82) is 0 Å². The van der Waals surface area contributed by atoms with Gasteiger partial charge in [0, 0.05) is 11.5 Å². The van der Waals surface area contributed by atoms with Crippen molar-refractivity contribution >= 4 is 23.1 Å². The third-order valence-corrected chi connectivity index (χ3v) is 3.44. The van der Waals surface area contributed by atoms with Gasteiger partial charge in [-0.25, -0.2) is 0 Å². The highest BCUT2D eigenvalue weighted by molar-refractivity contribution is 7.10. The van der Waals surface area contributed by atoms with E-state index in [4.69, 9.17) is 25.8 Å². The van der Waals surface area contributed by atoms with E-state index in [9.17, 15) is 0 Å². The molecule has 0 unspecified atom stereocenters.